The Morgan fingerprint density at radius 3 is 3.16 bits per heavy atom. The Hall–Kier alpha value is -1.38. The molecule has 0 bridgehead atoms. The predicted molar refractivity (Wildman–Crippen MR) is 75.7 cm³/mol. The van der Waals surface area contributed by atoms with E-state index < -0.39 is 12.0 Å². The van der Waals surface area contributed by atoms with Crippen LogP contribution in [0.15, 0.2) is 22.4 Å². The number of aliphatic carboxylic acids is 1. The highest BCUT2D eigenvalue weighted by Gasteiger charge is 2.10. The van der Waals surface area contributed by atoms with Crippen molar-refractivity contribution in [2.75, 3.05) is 5.75 Å². The van der Waals surface area contributed by atoms with Gasteiger partial charge in [-0.25, -0.2) is 4.98 Å². The third-order valence-electron chi connectivity index (χ3n) is 2.50. The molecule has 8 heteroatoms. The normalized spacial score (nSPS) is 12.7. The topological polar surface area (TPSA) is 97.7 Å². The maximum atomic E-state index is 11.7. The quantitative estimate of drug-likeness (QED) is 0.765. The van der Waals surface area contributed by atoms with Gasteiger partial charge in [-0.1, -0.05) is 0 Å². The molecule has 2 rings (SSSR count). The smallest absolute Gasteiger partial charge is 0.320 e. The van der Waals surface area contributed by atoms with Crippen LogP contribution in [0.1, 0.15) is 12.1 Å². The fourth-order valence-electron chi connectivity index (χ4n) is 1.47. The number of carboxylic acids is 1. The summed E-state index contributed by atoms with van der Waals surface area (Å²) in [4.78, 5) is 27.3. The molecule has 0 saturated heterocycles. The van der Waals surface area contributed by atoms with E-state index in [-0.39, 0.29) is 5.56 Å². The van der Waals surface area contributed by atoms with E-state index in [0.29, 0.717) is 28.6 Å². The van der Waals surface area contributed by atoms with Gasteiger partial charge in [0.25, 0.3) is 5.56 Å². The number of thioether (sulfide) groups is 1. The van der Waals surface area contributed by atoms with Crippen LogP contribution in [0.5, 0.6) is 0 Å². The molecule has 0 fully saturated rings. The number of nitrogens with zero attached hydrogens (tertiary/aromatic N) is 2. The number of nitrogens with two attached hydrogens (primary N) is 1. The van der Waals surface area contributed by atoms with Crippen LogP contribution in [-0.2, 0) is 10.5 Å². The molecule has 1 atom stereocenters. The van der Waals surface area contributed by atoms with Crippen molar-refractivity contribution in [1.29, 1.82) is 0 Å². The average Bonchev–Trinajstić information content (AvgIpc) is 2.83. The lowest BCUT2D eigenvalue weighted by Gasteiger charge is -2.05. The second kappa shape index (κ2) is 6.18. The number of aromatic nitrogens is 2. The van der Waals surface area contributed by atoms with E-state index in [9.17, 15) is 9.59 Å². The van der Waals surface area contributed by atoms with Crippen LogP contribution in [-0.4, -0.2) is 32.3 Å². The molecule has 2 aromatic rings. The molecule has 0 aliphatic carbocycles. The Bertz CT molecular complexity index is 637. The van der Waals surface area contributed by atoms with E-state index in [0.717, 1.165) is 0 Å². The molecule has 2 aromatic heterocycles. The molecule has 0 spiro atoms. The Balaban J connectivity index is 1.91. The largest absolute Gasteiger partial charge is 0.480 e. The van der Waals surface area contributed by atoms with Crippen molar-refractivity contribution in [1.82, 2.24) is 9.38 Å². The van der Waals surface area contributed by atoms with E-state index in [1.54, 1.807) is 6.20 Å². The molecule has 6 nitrogen and oxygen atoms in total. The van der Waals surface area contributed by atoms with Gasteiger partial charge in [0.1, 0.15) is 6.04 Å². The number of carbonyl (C=O) groups is 1. The highest BCUT2D eigenvalue weighted by atomic mass is 32.2. The Kier molecular flexibility index (Phi) is 4.56. The summed E-state index contributed by atoms with van der Waals surface area (Å²) >= 11 is 2.93. The molecule has 0 amide bonds. The maximum absolute atomic E-state index is 11.7. The minimum Gasteiger partial charge on any atom is -0.480 e. The first-order valence-electron chi connectivity index (χ1n) is 5.60. The summed E-state index contributed by atoms with van der Waals surface area (Å²) in [5.74, 6) is 0.214. The molecule has 2 heterocycles. The van der Waals surface area contributed by atoms with Gasteiger partial charge in [0, 0.05) is 23.4 Å². The zero-order valence-electron chi connectivity index (χ0n) is 9.98. The van der Waals surface area contributed by atoms with Gasteiger partial charge in [-0.05, 0) is 12.2 Å². The molecule has 0 aliphatic rings. The highest BCUT2D eigenvalue weighted by molar-refractivity contribution is 7.98. The average molecular weight is 299 g/mol. The van der Waals surface area contributed by atoms with Crippen molar-refractivity contribution in [2.24, 2.45) is 5.73 Å². The second-order valence-electron chi connectivity index (χ2n) is 3.93. The van der Waals surface area contributed by atoms with Crippen LogP contribution in [0.2, 0.25) is 0 Å². The Morgan fingerprint density at radius 2 is 2.42 bits per heavy atom. The first-order chi connectivity index (χ1) is 9.08. The van der Waals surface area contributed by atoms with Crippen molar-refractivity contribution in [2.45, 2.75) is 18.2 Å². The fourth-order valence-corrected chi connectivity index (χ4v) is 3.13. The number of rotatable bonds is 6. The molecule has 102 valence electrons. The molecular weight excluding hydrogens is 286 g/mol. The van der Waals surface area contributed by atoms with Crippen molar-refractivity contribution in [3.05, 3.63) is 33.7 Å². The maximum Gasteiger partial charge on any atom is 0.320 e. The van der Waals surface area contributed by atoms with Gasteiger partial charge in [-0.3, -0.25) is 14.0 Å². The number of thiazole rings is 1. The van der Waals surface area contributed by atoms with E-state index in [1.807, 2.05) is 5.38 Å². The Labute approximate surface area is 117 Å². The van der Waals surface area contributed by atoms with E-state index in [2.05, 4.69) is 4.98 Å². The number of hydrogen-bond acceptors (Lipinski definition) is 6. The van der Waals surface area contributed by atoms with Crippen LogP contribution in [0.4, 0.5) is 0 Å². The molecule has 0 saturated carbocycles. The summed E-state index contributed by atoms with van der Waals surface area (Å²) in [5.41, 5.74) is 6.02. The number of fused-ring (bicyclic) bond motifs is 1. The van der Waals surface area contributed by atoms with Gasteiger partial charge in [0.2, 0.25) is 0 Å². The minimum atomic E-state index is -0.989. The molecule has 0 aliphatic heterocycles. The van der Waals surface area contributed by atoms with E-state index >= 15 is 0 Å². The zero-order valence-corrected chi connectivity index (χ0v) is 11.6. The summed E-state index contributed by atoms with van der Waals surface area (Å²) in [7, 11) is 0. The van der Waals surface area contributed by atoms with Gasteiger partial charge < -0.3 is 10.8 Å². The number of hydrogen-bond donors (Lipinski definition) is 2. The molecule has 0 aromatic carbocycles. The fraction of sp³-hybridized carbons (Fsp3) is 0.364. The van der Waals surface area contributed by atoms with Crippen molar-refractivity contribution in [3.63, 3.8) is 0 Å². The lowest BCUT2D eigenvalue weighted by atomic mass is 10.2. The minimum absolute atomic E-state index is 0.0934. The SMILES string of the molecule is NC(CCSCc1cc(=O)n2ccsc2n1)C(=O)O. The Morgan fingerprint density at radius 1 is 1.63 bits per heavy atom. The highest BCUT2D eigenvalue weighted by Crippen LogP contribution is 2.13. The van der Waals surface area contributed by atoms with Crippen molar-refractivity contribution >= 4 is 34.0 Å². The zero-order chi connectivity index (χ0) is 13.8. The summed E-state index contributed by atoms with van der Waals surface area (Å²) in [6.07, 6.45) is 2.10. The standard InChI is InChI=1S/C11H13N3O3S2/c12-8(10(16)17)1-3-18-6-7-5-9(15)14-2-4-19-11(14)13-7/h2,4-5,8H,1,3,6,12H2,(H,16,17). The summed E-state index contributed by atoms with van der Waals surface area (Å²) in [6, 6.07) is 0.676. The van der Waals surface area contributed by atoms with Crippen LogP contribution in [0.3, 0.4) is 0 Å². The second-order valence-corrected chi connectivity index (χ2v) is 5.91. The van der Waals surface area contributed by atoms with Crippen LogP contribution in [0.25, 0.3) is 4.96 Å². The van der Waals surface area contributed by atoms with Gasteiger partial charge in [-0.2, -0.15) is 11.8 Å². The number of carboxylic acid groups (broad SMARTS) is 1. The monoisotopic (exact) mass is 299 g/mol. The summed E-state index contributed by atoms with van der Waals surface area (Å²) in [5, 5.41) is 10.5. The first-order valence-corrected chi connectivity index (χ1v) is 7.63. The molecule has 3 N–H and O–H groups in total. The van der Waals surface area contributed by atoms with Crippen molar-refractivity contribution in [3.8, 4) is 0 Å². The molecular formula is C11H13N3O3S2. The van der Waals surface area contributed by atoms with Gasteiger partial charge in [0.05, 0.1) is 5.69 Å². The molecule has 0 radical (unpaired) electrons. The molecule has 1 unspecified atom stereocenters. The van der Waals surface area contributed by atoms with Gasteiger partial charge >= 0.3 is 5.97 Å². The van der Waals surface area contributed by atoms with Crippen LogP contribution >= 0.6 is 23.1 Å². The van der Waals surface area contributed by atoms with Crippen LogP contribution < -0.4 is 11.3 Å². The third-order valence-corrected chi connectivity index (χ3v) is 4.28. The van der Waals surface area contributed by atoms with Crippen LogP contribution in [0, 0.1) is 0 Å². The summed E-state index contributed by atoms with van der Waals surface area (Å²) in [6.45, 7) is 0. The molecule has 19 heavy (non-hydrogen) atoms. The lowest BCUT2D eigenvalue weighted by molar-refractivity contribution is -0.138. The third kappa shape index (κ3) is 3.55. The first kappa shape index (κ1) is 14.0. The lowest BCUT2D eigenvalue weighted by Crippen LogP contribution is -2.30. The van der Waals surface area contributed by atoms with Gasteiger partial charge in [-0.15, -0.1) is 11.3 Å². The summed E-state index contributed by atoms with van der Waals surface area (Å²) < 4.78 is 1.50. The van der Waals surface area contributed by atoms with E-state index in [1.165, 1.54) is 33.6 Å². The van der Waals surface area contributed by atoms with Gasteiger partial charge in [0.15, 0.2) is 4.96 Å². The van der Waals surface area contributed by atoms with E-state index in [4.69, 9.17) is 10.8 Å². The van der Waals surface area contributed by atoms with Crippen molar-refractivity contribution < 1.29 is 9.90 Å². The predicted octanol–water partition coefficient (Wildman–Crippen LogP) is 0.791.